The van der Waals surface area contributed by atoms with E-state index in [1.807, 2.05) is 6.07 Å². The van der Waals surface area contributed by atoms with Crippen LogP contribution < -0.4 is 4.90 Å². The quantitative estimate of drug-likeness (QED) is 0.767. The number of nitrogens with zero attached hydrogens (tertiary/aromatic N) is 3. The Morgan fingerprint density at radius 3 is 2.67 bits per heavy atom. The van der Waals surface area contributed by atoms with Gasteiger partial charge >= 0.3 is 0 Å². The Morgan fingerprint density at radius 1 is 1.33 bits per heavy atom. The van der Waals surface area contributed by atoms with Crippen LogP contribution in [0.3, 0.4) is 0 Å². The van der Waals surface area contributed by atoms with Crippen molar-refractivity contribution in [2.24, 2.45) is 0 Å². The van der Waals surface area contributed by atoms with E-state index in [0.717, 1.165) is 18.2 Å². The van der Waals surface area contributed by atoms with Gasteiger partial charge in [0.1, 0.15) is 16.8 Å². The first kappa shape index (κ1) is 14.8. The maximum Gasteiger partial charge on any atom is 0.137 e. The summed E-state index contributed by atoms with van der Waals surface area (Å²) in [6.45, 7) is 7.24. The van der Waals surface area contributed by atoms with Crippen LogP contribution in [0.2, 0.25) is 5.15 Å². The zero-order valence-electron chi connectivity index (χ0n) is 12.6. The van der Waals surface area contributed by atoms with Gasteiger partial charge in [-0.3, -0.25) is 0 Å². The highest BCUT2D eigenvalue weighted by Gasteiger charge is 2.31. The third kappa shape index (κ3) is 3.55. The average Bonchev–Trinajstić information content (AvgIpc) is 3.11. The highest BCUT2D eigenvalue weighted by atomic mass is 35.5. The molecule has 2 aromatic rings. The first-order valence-corrected chi connectivity index (χ1v) is 8.53. The zero-order valence-corrected chi connectivity index (χ0v) is 14.2. The summed E-state index contributed by atoms with van der Waals surface area (Å²) in [5, 5.41) is 2.65. The molecule has 0 unspecified atom stereocenters. The van der Waals surface area contributed by atoms with E-state index in [1.165, 1.54) is 17.7 Å². The molecule has 1 aliphatic rings. The lowest BCUT2D eigenvalue weighted by atomic mass is 9.96. The topological polar surface area (TPSA) is 29.0 Å². The van der Waals surface area contributed by atoms with Gasteiger partial charge in [0.25, 0.3) is 0 Å². The summed E-state index contributed by atoms with van der Waals surface area (Å²) in [5.74, 6) is 1.76. The molecule has 0 aliphatic heterocycles. The van der Waals surface area contributed by atoms with Crippen LogP contribution in [0.4, 0.5) is 5.82 Å². The summed E-state index contributed by atoms with van der Waals surface area (Å²) in [6.07, 6.45) is 2.47. The molecule has 0 atom stereocenters. The number of anilines is 1. The van der Waals surface area contributed by atoms with Crippen molar-refractivity contribution in [2.75, 3.05) is 4.90 Å². The molecule has 2 aromatic heterocycles. The van der Waals surface area contributed by atoms with Gasteiger partial charge in [-0.25, -0.2) is 9.97 Å². The van der Waals surface area contributed by atoms with E-state index < -0.39 is 0 Å². The second-order valence-corrected chi connectivity index (χ2v) is 7.98. The Labute approximate surface area is 135 Å². The zero-order chi connectivity index (χ0) is 15.0. The number of hydrogen-bond acceptors (Lipinski definition) is 4. The maximum atomic E-state index is 6.23. The van der Waals surface area contributed by atoms with Gasteiger partial charge in [-0.05, 0) is 24.3 Å². The molecule has 5 heteroatoms. The lowest BCUT2D eigenvalue weighted by Gasteiger charge is -2.25. The van der Waals surface area contributed by atoms with Crippen molar-refractivity contribution in [3.63, 3.8) is 0 Å². The van der Waals surface area contributed by atoms with Crippen molar-refractivity contribution in [1.29, 1.82) is 0 Å². The van der Waals surface area contributed by atoms with Crippen molar-refractivity contribution in [2.45, 2.75) is 51.6 Å². The van der Waals surface area contributed by atoms with Crippen molar-refractivity contribution in [3.05, 3.63) is 39.4 Å². The fraction of sp³-hybridized carbons (Fsp3) is 0.500. The van der Waals surface area contributed by atoms with Gasteiger partial charge in [0, 0.05) is 22.4 Å². The van der Waals surface area contributed by atoms with E-state index in [0.29, 0.717) is 11.2 Å². The molecule has 2 heterocycles. The van der Waals surface area contributed by atoms with E-state index in [9.17, 15) is 0 Å². The summed E-state index contributed by atoms with van der Waals surface area (Å²) in [6, 6.07) is 6.75. The summed E-state index contributed by atoms with van der Waals surface area (Å²) < 4.78 is 0. The first-order valence-electron chi connectivity index (χ1n) is 7.27. The van der Waals surface area contributed by atoms with Crippen LogP contribution in [-0.4, -0.2) is 16.0 Å². The van der Waals surface area contributed by atoms with Crippen LogP contribution >= 0.6 is 22.9 Å². The highest BCUT2D eigenvalue weighted by molar-refractivity contribution is 7.09. The molecule has 1 fully saturated rings. The van der Waals surface area contributed by atoms with E-state index in [-0.39, 0.29) is 5.41 Å². The van der Waals surface area contributed by atoms with Gasteiger partial charge in [-0.15, -0.1) is 11.3 Å². The third-order valence-corrected chi connectivity index (χ3v) is 4.60. The van der Waals surface area contributed by atoms with Crippen LogP contribution in [0.1, 0.15) is 44.3 Å². The minimum Gasteiger partial charge on any atom is -0.348 e. The van der Waals surface area contributed by atoms with Gasteiger partial charge in [0.2, 0.25) is 0 Å². The molecule has 0 aromatic carbocycles. The van der Waals surface area contributed by atoms with Crippen LogP contribution in [-0.2, 0) is 12.0 Å². The van der Waals surface area contributed by atoms with E-state index in [1.54, 1.807) is 11.3 Å². The predicted molar refractivity (Wildman–Crippen MR) is 89.3 cm³/mol. The Morgan fingerprint density at radius 2 is 2.10 bits per heavy atom. The minimum absolute atomic E-state index is 0.0994. The predicted octanol–water partition coefficient (Wildman–Crippen LogP) is 4.66. The molecule has 21 heavy (non-hydrogen) atoms. The molecule has 0 spiro atoms. The van der Waals surface area contributed by atoms with E-state index >= 15 is 0 Å². The summed E-state index contributed by atoms with van der Waals surface area (Å²) in [4.78, 5) is 12.9. The second-order valence-electron chi connectivity index (χ2n) is 6.56. The van der Waals surface area contributed by atoms with Gasteiger partial charge in [0.05, 0.1) is 6.54 Å². The largest absolute Gasteiger partial charge is 0.348 e. The first-order chi connectivity index (χ1) is 9.93. The van der Waals surface area contributed by atoms with Crippen molar-refractivity contribution in [1.82, 2.24) is 9.97 Å². The summed E-state index contributed by atoms with van der Waals surface area (Å²) in [7, 11) is 0. The fourth-order valence-corrected chi connectivity index (χ4v) is 3.12. The molecule has 0 bridgehead atoms. The van der Waals surface area contributed by atoms with Crippen LogP contribution in [0.25, 0.3) is 0 Å². The van der Waals surface area contributed by atoms with Crippen molar-refractivity contribution < 1.29 is 0 Å². The fourth-order valence-electron chi connectivity index (χ4n) is 2.24. The van der Waals surface area contributed by atoms with Gasteiger partial charge in [0.15, 0.2) is 0 Å². The SMILES string of the molecule is CC(C)(C)c1nc(Cl)cc(N(Cc2cccs2)C2CC2)n1. The number of rotatable bonds is 4. The van der Waals surface area contributed by atoms with Crippen LogP contribution in [0, 0.1) is 0 Å². The molecule has 3 nitrogen and oxygen atoms in total. The standard InChI is InChI=1S/C16H20ClN3S/c1-16(2,3)15-18-13(17)9-14(19-15)20(11-6-7-11)10-12-5-4-8-21-12/h4-5,8-9,11H,6-7,10H2,1-3H3. The Hall–Kier alpha value is -1.13. The van der Waals surface area contributed by atoms with Gasteiger partial charge in [-0.1, -0.05) is 38.4 Å². The normalized spacial score (nSPS) is 15.2. The number of halogens is 1. The maximum absolute atomic E-state index is 6.23. The molecule has 0 amide bonds. The molecule has 1 saturated carbocycles. The van der Waals surface area contributed by atoms with Crippen molar-refractivity contribution in [3.8, 4) is 0 Å². The molecule has 0 saturated heterocycles. The molecule has 1 aliphatic carbocycles. The monoisotopic (exact) mass is 321 g/mol. The number of thiophene rings is 1. The van der Waals surface area contributed by atoms with Crippen molar-refractivity contribution >= 4 is 28.8 Å². The van der Waals surface area contributed by atoms with Crippen LogP contribution in [0.15, 0.2) is 23.6 Å². The smallest absolute Gasteiger partial charge is 0.137 e. The Balaban J connectivity index is 1.94. The summed E-state index contributed by atoms with van der Waals surface area (Å²) in [5.41, 5.74) is -0.0994. The number of aromatic nitrogens is 2. The van der Waals surface area contributed by atoms with Crippen LogP contribution in [0.5, 0.6) is 0 Å². The number of hydrogen-bond donors (Lipinski definition) is 0. The molecule has 0 N–H and O–H groups in total. The molecular formula is C16H20ClN3S. The highest BCUT2D eigenvalue weighted by Crippen LogP contribution is 2.34. The van der Waals surface area contributed by atoms with E-state index in [4.69, 9.17) is 16.6 Å². The third-order valence-electron chi connectivity index (χ3n) is 3.54. The second kappa shape index (κ2) is 5.58. The Kier molecular flexibility index (Phi) is 3.93. The molecule has 112 valence electrons. The Bertz CT molecular complexity index is 615. The van der Waals surface area contributed by atoms with Gasteiger partial charge < -0.3 is 4.90 Å². The minimum atomic E-state index is -0.0994. The molecule has 0 radical (unpaired) electrons. The average molecular weight is 322 g/mol. The molecular weight excluding hydrogens is 302 g/mol. The lowest BCUT2D eigenvalue weighted by Crippen LogP contribution is -2.27. The summed E-state index contributed by atoms with van der Waals surface area (Å²) >= 11 is 8.02. The van der Waals surface area contributed by atoms with E-state index in [2.05, 4.69) is 48.2 Å². The van der Waals surface area contributed by atoms with Gasteiger partial charge in [-0.2, -0.15) is 0 Å². The molecule has 3 rings (SSSR count). The lowest BCUT2D eigenvalue weighted by molar-refractivity contribution is 0.543.